The third-order valence-corrected chi connectivity index (χ3v) is 5.23. The molecule has 4 atom stereocenters. The molecule has 1 aromatic rings. The van der Waals surface area contributed by atoms with Gasteiger partial charge in [0.15, 0.2) is 0 Å². The van der Waals surface area contributed by atoms with Gasteiger partial charge in [0.25, 0.3) is 0 Å². The van der Waals surface area contributed by atoms with Gasteiger partial charge in [-0.3, -0.25) is 0 Å². The van der Waals surface area contributed by atoms with E-state index in [-0.39, 0.29) is 6.61 Å². The maximum atomic E-state index is 10.0. The molecule has 21 heavy (non-hydrogen) atoms. The van der Waals surface area contributed by atoms with Crippen LogP contribution in [0.5, 0.6) is 5.75 Å². The van der Waals surface area contributed by atoms with Crippen LogP contribution in [0.25, 0.3) is 0 Å². The van der Waals surface area contributed by atoms with Crippen molar-refractivity contribution in [3.05, 3.63) is 28.2 Å². The standard InChI is InChI=1S/C16H21Cl2NO2/c17-12-3-4-14(18)16(7-12)21-9-13(20)8-19-15-6-10-1-2-11(15)5-10/h3-4,7,10-11,13,15,19-20H,1-2,5-6,8-9H2. The maximum Gasteiger partial charge on any atom is 0.139 e. The van der Waals surface area contributed by atoms with Crippen molar-refractivity contribution in [3.63, 3.8) is 0 Å². The van der Waals surface area contributed by atoms with Gasteiger partial charge >= 0.3 is 0 Å². The second-order valence-corrected chi connectivity index (χ2v) is 7.07. The summed E-state index contributed by atoms with van der Waals surface area (Å²) in [6, 6.07) is 5.65. The molecule has 0 aliphatic heterocycles. The maximum absolute atomic E-state index is 10.0. The van der Waals surface area contributed by atoms with Crippen LogP contribution in [-0.2, 0) is 0 Å². The largest absolute Gasteiger partial charge is 0.489 e. The fourth-order valence-corrected chi connectivity index (χ4v) is 3.95. The Morgan fingerprint density at radius 1 is 1.29 bits per heavy atom. The van der Waals surface area contributed by atoms with Gasteiger partial charge in [-0.25, -0.2) is 0 Å². The Morgan fingerprint density at radius 2 is 2.14 bits per heavy atom. The van der Waals surface area contributed by atoms with Crippen molar-refractivity contribution >= 4 is 23.2 Å². The highest BCUT2D eigenvalue weighted by Gasteiger charge is 2.39. The van der Waals surface area contributed by atoms with Gasteiger partial charge in [0.1, 0.15) is 18.5 Å². The summed E-state index contributed by atoms with van der Waals surface area (Å²) in [5.41, 5.74) is 0. The molecule has 3 nitrogen and oxygen atoms in total. The van der Waals surface area contributed by atoms with Crippen LogP contribution in [0, 0.1) is 11.8 Å². The van der Waals surface area contributed by atoms with Gasteiger partial charge in [-0.15, -0.1) is 0 Å². The molecule has 0 aromatic heterocycles. The average Bonchev–Trinajstić information content (AvgIpc) is 3.08. The van der Waals surface area contributed by atoms with Crippen LogP contribution < -0.4 is 10.1 Å². The van der Waals surface area contributed by atoms with Crippen molar-refractivity contribution < 1.29 is 9.84 Å². The lowest BCUT2D eigenvalue weighted by Gasteiger charge is -2.24. The SMILES string of the molecule is OC(CNC1CC2CCC1C2)COc1cc(Cl)ccc1Cl. The molecule has 5 heteroatoms. The van der Waals surface area contributed by atoms with E-state index in [1.54, 1.807) is 18.2 Å². The molecule has 2 fully saturated rings. The van der Waals surface area contributed by atoms with E-state index in [1.807, 2.05) is 0 Å². The Bertz CT molecular complexity index is 497. The topological polar surface area (TPSA) is 41.5 Å². The number of aliphatic hydroxyl groups excluding tert-OH is 1. The quantitative estimate of drug-likeness (QED) is 0.839. The second-order valence-electron chi connectivity index (χ2n) is 6.23. The van der Waals surface area contributed by atoms with E-state index >= 15 is 0 Å². The molecule has 2 aliphatic carbocycles. The molecule has 0 saturated heterocycles. The monoisotopic (exact) mass is 329 g/mol. The average molecular weight is 330 g/mol. The van der Waals surface area contributed by atoms with Crippen molar-refractivity contribution in [1.82, 2.24) is 5.32 Å². The van der Waals surface area contributed by atoms with Crippen LogP contribution in [0.3, 0.4) is 0 Å². The Labute approximate surface area is 135 Å². The van der Waals surface area contributed by atoms with Crippen LogP contribution in [0.1, 0.15) is 25.7 Å². The molecule has 0 radical (unpaired) electrons. The lowest BCUT2D eigenvalue weighted by molar-refractivity contribution is 0.101. The fraction of sp³-hybridized carbons (Fsp3) is 0.625. The molecular formula is C16H21Cl2NO2. The lowest BCUT2D eigenvalue weighted by atomic mass is 9.95. The van der Waals surface area contributed by atoms with E-state index in [0.717, 1.165) is 11.8 Å². The Kier molecular flexibility index (Phi) is 4.95. The van der Waals surface area contributed by atoms with E-state index in [9.17, 15) is 5.11 Å². The van der Waals surface area contributed by atoms with Crippen molar-refractivity contribution in [2.24, 2.45) is 11.8 Å². The minimum Gasteiger partial charge on any atom is -0.489 e. The minimum atomic E-state index is -0.542. The molecule has 4 unspecified atom stereocenters. The molecule has 0 amide bonds. The van der Waals surface area contributed by atoms with Gasteiger partial charge in [0, 0.05) is 23.7 Å². The van der Waals surface area contributed by atoms with Crippen LogP contribution in [0.4, 0.5) is 0 Å². The Hall–Kier alpha value is -0.480. The van der Waals surface area contributed by atoms with Crippen molar-refractivity contribution in [1.29, 1.82) is 0 Å². The first-order valence-electron chi connectivity index (χ1n) is 7.61. The zero-order valence-electron chi connectivity index (χ0n) is 11.9. The van der Waals surface area contributed by atoms with Gasteiger partial charge < -0.3 is 15.2 Å². The Morgan fingerprint density at radius 3 is 2.86 bits per heavy atom. The zero-order valence-corrected chi connectivity index (χ0v) is 13.4. The predicted octanol–water partition coefficient (Wildman–Crippen LogP) is 3.51. The summed E-state index contributed by atoms with van der Waals surface area (Å²) >= 11 is 11.9. The molecule has 0 heterocycles. The van der Waals surface area contributed by atoms with E-state index in [4.69, 9.17) is 27.9 Å². The number of halogens is 2. The fourth-order valence-electron chi connectivity index (χ4n) is 3.61. The number of aliphatic hydroxyl groups is 1. The van der Waals surface area contributed by atoms with E-state index in [0.29, 0.717) is 28.4 Å². The third kappa shape index (κ3) is 3.84. The lowest BCUT2D eigenvalue weighted by Crippen LogP contribution is -2.40. The summed E-state index contributed by atoms with van der Waals surface area (Å²) in [6.45, 7) is 0.778. The molecule has 0 spiro atoms. The summed E-state index contributed by atoms with van der Waals surface area (Å²) in [6.07, 6.45) is 4.81. The number of hydrogen-bond donors (Lipinski definition) is 2. The summed E-state index contributed by atoms with van der Waals surface area (Å²) in [7, 11) is 0. The van der Waals surface area contributed by atoms with Gasteiger partial charge in [-0.05, 0) is 43.2 Å². The molecule has 3 rings (SSSR count). The van der Waals surface area contributed by atoms with Gasteiger partial charge in [-0.1, -0.05) is 29.6 Å². The third-order valence-electron chi connectivity index (χ3n) is 4.68. The molecule has 2 N–H and O–H groups in total. The van der Waals surface area contributed by atoms with E-state index in [2.05, 4.69) is 5.32 Å². The summed E-state index contributed by atoms with van der Waals surface area (Å²) in [5, 5.41) is 14.6. The molecule has 2 aliphatic rings. The van der Waals surface area contributed by atoms with Gasteiger partial charge in [0.2, 0.25) is 0 Å². The second kappa shape index (κ2) is 6.74. The molecule has 116 valence electrons. The number of nitrogens with one attached hydrogen (secondary N) is 1. The molecule has 2 bridgehead atoms. The molecule has 2 saturated carbocycles. The van der Waals surface area contributed by atoms with E-state index in [1.165, 1.54) is 25.7 Å². The normalized spacial score (nSPS) is 28.8. The molecular weight excluding hydrogens is 309 g/mol. The van der Waals surface area contributed by atoms with Crippen molar-refractivity contribution in [3.8, 4) is 5.75 Å². The first-order chi connectivity index (χ1) is 10.1. The first-order valence-corrected chi connectivity index (χ1v) is 8.36. The highest BCUT2D eigenvalue weighted by Crippen LogP contribution is 2.44. The van der Waals surface area contributed by atoms with Crippen molar-refractivity contribution in [2.45, 2.75) is 37.8 Å². The van der Waals surface area contributed by atoms with Crippen LogP contribution in [0.2, 0.25) is 10.0 Å². The van der Waals surface area contributed by atoms with Gasteiger partial charge in [0.05, 0.1) is 5.02 Å². The van der Waals surface area contributed by atoms with Crippen molar-refractivity contribution in [2.75, 3.05) is 13.2 Å². The highest BCUT2D eigenvalue weighted by atomic mass is 35.5. The van der Waals surface area contributed by atoms with Crippen LogP contribution in [0.15, 0.2) is 18.2 Å². The number of hydrogen-bond acceptors (Lipinski definition) is 3. The van der Waals surface area contributed by atoms with Gasteiger partial charge in [-0.2, -0.15) is 0 Å². The number of fused-ring (bicyclic) bond motifs is 2. The van der Waals surface area contributed by atoms with E-state index < -0.39 is 6.10 Å². The first kappa shape index (κ1) is 15.4. The zero-order chi connectivity index (χ0) is 14.8. The minimum absolute atomic E-state index is 0.216. The predicted molar refractivity (Wildman–Crippen MR) is 85.2 cm³/mol. The van der Waals surface area contributed by atoms with Crippen LogP contribution >= 0.6 is 23.2 Å². The smallest absolute Gasteiger partial charge is 0.139 e. The van der Waals surface area contributed by atoms with Crippen LogP contribution in [-0.4, -0.2) is 30.4 Å². The number of rotatable bonds is 6. The molecule has 1 aromatic carbocycles. The number of ether oxygens (including phenoxy) is 1. The highest BCUT2D eigenvalue weighted by molar-refractivity contribution is 6.34. The summed E-state index contributed by atoms with van der Waals surface area (Å²) in [4.78, 5) is 0. The summed E-state index contributed by atoms with van der Waals surface area (Å²) < 4.78 is 5.55. The number of benzene rings is 1. The summed E-state index contributed by atoms with van der Waals surface area (Å²) in [5.74, 6) is 2.24. The Balaban J connectivity index is 1.42.